The second kappa shape index (κ2) is 7.61. The van der Waals surface area contributed by atoms with Crippen LogP contribution in [0.3, 0.4) is 0 Å². The van der Waals surface area contributed by atoms with E-state index in [2.05, 4.69) is 6.58 Å². The van der Waals surface area contributed by atoms with Crippen molar-refractivity contribution in [2.45, 2.75) is 35.1 Å². The Morgan fingerprint density at radius 3 is 1.19 bits per heavy atom. The number of hydrogen-bond acceptors (Lipinski definition) is 3. The van der Waals surface area contributed by atoms with E-state index in [1.54, 1.807) is 6.08 Å². The average molecular weight is 457 g/mol. The van der Waals surface area contributed by atoms with Crippen LogP contribution in [0.4, 0.5) is 57.1 Å². The van der Waals surface area contributed by atoms with Gasteiger partial charge >= 0.3 is 45.2 Å². The Morgan fingerprint density at radius 1 is 0.741 bits per heavy atom. The van der Waals surface area contributed by atoms with Crippen LogP contribution in [0.15, 0.2) is 12.7 Å². The van der Waals surface area contributed by atoms with E-state index in [4.69, 9.17) is 10.3 Å². The van der Waals surface area contributed by atoms with Crippen molar-refractivity contribution in [3.8, 4) is 0 Å². The molecule has 4 nitrogen and oxygen atoms in total. The monoisotopic (exact) mass is 457 g/mol. The third-order valence-electron chi connectivity index (χ3n) is 2.40. The molecule has 0 bridgehead atoms. The molecule has 0 aliphatic carbocycles. The minimum absolute atomic E-state index is 0.583. The van der Waals surface area contributed by atoms with Gasteiger partial charge in [-0.25, -0.2) is 0 Å². The summed E-state index contributed by atoms with van der Waals surface area (Å²) in [5.74, 6) is -32.5. The second-order valence-corrected chi connectivity index (χ2v) is 5.77. The number of hydrogen-bond donors (Lipinski definition) is 2. The third kappa shape index (κ3) is 4.41. The lowest BCUT2D eigenvalue weighted by molar-refractivity contribution is -0.433. The molecule has 0 spiro atoms. The molecular formula is C9H8F13NO3S. The van der Waals surface area contributed by atoms with Crippen LogP contribution < -0.4 is 5.73 Å². The van der Waals surface area contributed by atoms with Gasteiger partial charge in [-0.1, -0.05) is 6.08 Å². The van der Waals surface area contributed by atoms with E-state index in [1.165, 1.54) is 0 Å². The molecule has 0 atom stereocenters. The SMILES string of the molecule is C=CCN.O=S(=O)(O)C(F)(F)C(F)(F)C(F)(F)C(F)(F)C(F)(F)C(F)(F)F. The lowest BCUT2D eigenvalue weighted by Crippen LogP contribution is -2.71. The average Bonchev–Trinajstić information content (AvgIpc) is 2.44. The number of halogens is 13. The molecule has 3 N–H and O–H groups in total. The summed E-state index contributed by atoms with van der Waals surface area (Å²) >= 11 is 0. The molecule has 18 heteroatoms. The summed E-state index contributed by atoms with van der Waals surface area (Å²) in [5.41, 5.74) is 4.91. The molecule has 0 aliphatic heterocycles. The molecule has 0 aliphatic rings. The van der Waals surface area contributed by atoms with Crippen molar-refractivity contribution < 1.29 is 70.0 Å². The zero-order valence-electron chi connectivity index (χ0n) is 12.2. The Labute approximate surface area is 141 Å². The molecule has 0 fully saturated rings. The van der Waals surface area contributed by atoms with Gasteiger partial charge in [0.15, 0.2) is 0 Å². The van der Waals surface area contributed by atoms with Gasteiger partial charge in [0.2, 0.25) is 0 Å². The van der Waals surface area contributed by atoms with Gasteiger partial charge < -0.3 is 5.73 Å². The Hall–Kier alpha value is -1.30. The summed E-state index contributed by atoms with van der Waals surface area (Å²) in [7, 11) is -7.61. The zero-order valence-corrected chi connectivity index (χ0v) is 13.0. The first-order chi connectivity index (χ1) is 11.4. The number of rotatable bonds is 6. The smallest absolute Gasteiger partial charge is 0.327 e. The lowest BCUT2D eigenvalue weighted by atomic mass is 9.98. The highest BCUT2D eigenvalue weighted by Crippen LogP contribution is 2.60. The summed E-state index contributed by atoms with van der Waals surface area (Å²) in [6.45, 7) is 3.94. The normalized spacial score (nSPS) is 15.1. The van der Waals surface area contributed by atoms with Crippen molar-refractivity contribution in [1.29, 1.82) is 0 Å². The summed E-state index contributed by atoms with van der Waals surface area (Å²) in [6.07, 6.45) is -5.94. The van der Waals surface area contributed by atoms with E-state index < -0.39 is 45.2 Å². The molecule has 0 aromatic rings. The van der Waals surface area contributed by atoms with Gasteiger partial charge in [-0.05, 0) is 0 Å². The van der Waals surface area contributed by atoms with E-state index in [0.717, 1.165) is 0 Å². The molecule has 0 saturated carbocycles. The highest BCUT2D eigenvalue weighted by atomic mass is 32.2. The summed E-state index contributed by atoms with van der Waals surface area (Å²) in [4.78, 5) is 0. The molecule has 164 valence electrons. The Bertz CT molecular complexity index is 625. The minimum atomic E-state index is -8.25. The van der Waals surface area contributed by atoms with Crippen molar-refractivity contribution >= 4 is 10.1 Å². The molecular weight excluding hydrogens is 449 g/mol. The predicted octanol–water partition coefficient (Wildman–Crippen LogP) is 3.70. The minimum Gasteiger partial charge on any atom is -0.327 e. The summed E-state index contributed by atoms with van der Waals surface area (Å²) < 4.78 is 188. The van der Waals surface area contributed by atoms with Crippen LogP contribution in [-0.2, 0) is 10.1 Å². The number of nitrogens with two attached hydrogens (primary N) is 1. The topological polar surface area (TPSA) is 80.4 Å². The highest BCUT2D eigenvalue weighted by molar-refractivity contribution is 7.87. The van der Waals surface area contributed by atoms with Crippen LogP contribution in [0.1, 0.15) is 0 Å². The zero-order chi connectivity index (χ0) is 22.9. The van der Waals surface area contributed by atoms with Gasteiger partial charge in [0.25, 0.3) is 0 Å². The van der Waals surface area contributed by atoms with Crippen molar-refractivity contribution in [3.63, 3.8) is 0 Å². The highest BCUT2D eigenvalue weighted by Gasteiger charge is 2.92. The molecule has 0 saturated heterocycles. The van der Waals surface area contributed by atoms with Crippen molar-refractivity contribution in [1.82, 2.24) is 0 Å². The van der Waals surface area contributed by atoms with E-state index in [9.17, 15) is 65.5 Å². The maximum atomic E-state index is 12.7. The lowest BCUT2D eigenvalue weighted by Gasteiger charge is -2.38. The molecule has 0 radical (unpaired) electrons. The van der Waals surface area contributed by atoms with Crippen LogP contribution >= 0.6 is 0 Å². The molecule has 0 rings (SSSR count). The Morgan fingerprint density at radius 2 is 1.00 bits per heavy atom. The van der Waals surface area contributed by atoms with Gasteiger partial charge in [0.05, 0.1) is 0 Å². The van der Waals surface area contributed by atoms with E-state index in [-0.39, 0.29) is 0 Å². The second-order valence-electron chi connectivity index (χ2n) is 4.31. The van der Waals surface area contributed by atoms with Crippen LogP contribution in [0.25, 0.3) is 0 Å². The van der Waals surface area contributed by atoms with Crippen molar-refractivity contribution in [2.24, 2.45) is 5.73 Å². The first-order valence-corrected chi connectivity index (χ1v) is 7.09. The van der Waals surface area contributed by atoms with Gasteiger partial charge in [0.1, 0.15) is 0 Å². The fourth-order valence-electron chi connectivity index (χ4n) is 0.917. The van der Waals surface area contributed by atoms with Crippen LogP contribution in [0.2, 0.25) is 0 Å². The summed E-state index contributed by atoms with van der Waals surface area (Å²) in [5, 5.41) is -7.52. The predicted molar refractivity (Wildman–Crippen MR) is 61.6 cm³/mol. The quantitative estimate of drug-likeness (QED) is 0.362. The van der Waals surface area contributed by atoms with Gasteiger partial charge in [-0.3, -0.25) is 4.55 Å². The van der Waals surface area contributed by atoms with Crippen molar-refractivity contribution in [2.75, 3.05) is 6.54 Å². The van der Waals surface area contributed by atoms with E-state index >= 15 is 0 Å². The summed E-state index contributed by atoms with van der Waals surface area (Å²) in [6, 6.07) is 0. The first kappa shape index (κ1) is 27.9. The first-order valence-electron chi connectivity index (χ1n) is 5.65. The maximum Gasteiger partial charge on any atom is 0.460 e. The Balaban J connectivity index is 0. The van der Waals surface area contributed by atoms with Gasteiger partial charge in [-0.2, -0.15) is 65.5 Å². The fourth-order valence-corrected chi connectivity index (χ4v) is 1.37. The molecule has 0 amide bonds. The van der Waals surface area contributed by atoms with Gasteiger partial charge in [-0.15, -0.1) is 6.58 Å². The standard InChI is InChI=1S/C6HF13O3S.C3H7N/c7-1(8,3(11,12)5(15,16)17)2(9,10)4(13,14)6(18,19)23(20,21)22;1-2-3-4/h(H,20,21,22);2H,1,3-4H2. The molecule has 27 heavy (non-hydrogen) atoms. The third-order valence-corrected chi connectivity index (χ3v) is 3.30. The largest absolute Gasteiger partial charge is 0.460 e. The van der Waals surface area contributed by atoms with Crippen molar-refractivity contribution in [3.05, 3.63) is 12.7 Å². The Kier molecular flexibility index (Phi) is 7.87. The van der Waals surface area contributed by atoms with E-state index in [0.29, 0.717) is 6.54 Å². The van der Waals surface area contributed by atoms with Gasteiger partial charge in [0, 0.05) is 6.54 Å². The molecule has 0 aromatic heterocycles. The number of alkyl halides is 13. The molecule has 0 aromatic carbocycles. The van der Waals surface area contributed by atoms with Crippen LogP contribution in [0.5, 0.6) is 0 Å². The van der Waals surface area contributed by atoms with Crippen LogP contribution in [0, 0.1) is 0 Å². The molecule has 0 heterocycles. The fraction of sp³-hybridized carbons (Fsp3) is 0.778. The maximum absolute atomic E-state index is 12.7. The van der Waals surface area contributed by atoms with Crippen LogP contribution in [-0.4, -0.2) is 54.6 Å². The molecule has 0 unspecified atom stereocenters. The van der Waals surface area contributed by atoms with E-state index in [1.807, 2.05) is 0 Å².